The molecule has 4 unspecified atom stereocenters. The van der Waals surface area contributed by atoms with Crippen LogP contribution in [-0.4, -0.2) is 56.6 Å². The lowest BCUT2D eigenvalue weighted by atomic mass is 10.0. The normalized spacial score (nSPS) is 24.2. The number of amides is 4. The van der Waals surface area contributed by atoms with Gasteiger partial charge >= 0.3 is 11.9 Å². The molecule has 0 fully saturated rings. The summed E-state index contributed by atoms with van der Waals surface area (Å²) in [6.45, 7) is 4.01. The summed E-state index contributed by atoms with van der Waals surface area (Å²) < 4.78 is 2.03. The summed E-state index contributed by atoms with van der Waals surface area (Å²) in [6, 6.07) is 2.21. The van der Waals surface area contributed by atoms with Gasteiger partial charge in [-0.3, -0.25) is 4.79 Å². The molecule has 4 amide bonds. The van der Waals surface area contributed by atoms with E-state index < -0.39 is 12.1 Å². The Morgan fingerprint density at radius 2 is 2.11 bits per heavy atom. The topological polar surface area (TPSA) is 106 Å². The van der Waals surface area contributed by atoms with Gasteiger partial charge in [0.25, 0.3) is 5.82 Å². The van der Waals surface area contributed by atoms with Crippen molar-refractivity contribution in [3.63, 3.8) is 0 Å². The van der Waals surface area contributed by atoms with E-state index in [0.717, 1.165) is 11.4 Å². The van der Waals surface area contributed by atoms with Crippen LogP contribution < -0.4 is 30.7 Å². The molecule has 3 heterocycles. The number of hydrogen-bond acceptors (Lipinski definition) is 4. The van der Waals surface area contributed by atoms with E-state index in [4.69, 9.17) is 0 Å². The molecule has 1 aromatic heterocycles. The molecule has 0 saturated carbocycles. The van der Waals surface area contributed by atoms with Crippen LogP contribution in [0.4, 0.5) is 10.6 Å². The van der Waals surface area contributed by atoms with Crippen molar-refractivity contribution in [3.8, 4) is 0 Å². The Labute approximate surface area is 158 Å². The molecule has 3 rings (SSSR count). The number of hydrogen-bond donors (Lipinski definition) is 4. The third-order valence-electron chi connectivity index (χ3n) is 5.40. The molecule has 0 saturated heterocycles. The minimum Gasteiger partial charge on any atom is -0.341 e. The molecular formula is C18H27N6O3+. The van der Waals surface area contributed by atoms with Crippen molar-refractivity contribution < 1.29 is 19.0 Å². The smallest absolute Gasteiger partial charge is 0.336 e. The van der Waals surface area contributed by atoms with E-state index in [-0.39, 0.29) is 29.9 Å². The first kappa shape index (κ1) is 19.1. The fourth-order valence-electron chi connectivity index (χ4n) is 3.70. The van der Waals surface area contributed by atoms with E-state index in [1.807, 2.05) is 29.8 Å². The average molecular weight is 375 g/mol. The molecule has 4 N–H and O–H groups in total. The van der Waals surface area contributed by atoms with Crippen molar-refractivity contribution in [3.05, 3.63) is 23.9 Å². The number of pyridine rings is 1. The molecule has 9 nitrogen and oxygen atoms in total. The lowest BCUT2D eigenvalue weighted by Crippen LogP contribution is -2.67. The highest BCUT2D eigenvalue weighted by molar-refractivity contribution is 6.01. The van der Waals surface area contributed by atoms with Crippen molar-refractivity contribution in [2.24, 2.45) is 0 Å². The maximum atomic E-state index is 13.3. The molecule has 4 atom stereocenters. The number of anilines is 1. The molecule has 0 bridgehead atoms. The summed E-state index contributed by atoms with van der Waals surface area (Å²) >= 11 is 0. The third kappa shape index (κ3) is 3.34. The monoisotopic (exact) mass is 375 g/mol. The predicted molar refractivity (Wildman–Crippen MR) is 99.2 cm³/mol. The van der Waals surface area contributed by atoms with E-state index in [1.54, 1.807) is 25.9 Å². The van der Waals surface area contributed by atoms with Crippen LogP contribution in [0.5, 0.6) is 0 Å². The fraction of sp³-hybridized carbons (Fsp3) is 0.556. The Morgan fingerprint density at radius 1 is 1.37 bits per heavy atom. The number of nitrogens with zero attached hydrogens (tertiary/aromatic N) is 2. The van der Waals surface area contributed by atoms with Crippen LogP contribution >= 0.6 is 0 Å². The lowest BCUT2D eigenvalue weighted by molar-refractivity contribution is -0.710. The summed E-state index contributed by atoms with van der Waals surface area (Å²) in [5.74, 6) is 0.487. The quantitative estimate of drug-likeness (QED) is 0.487. The fourth-order valence-corrected chi connectivity index (χ4v) is 3.70. The van der Waals surface area contributed by atoms with Crippen molar-refractivity contribution in [1.29, 1.82) is 0 Å². The maximum absolute atomic E-state index is 13.3. The summed E-state index contributed by atoms with van der Waals surface area (Å²) in [7, 11) is 3.25. The van der Waals surface area contributed by atoms with Crippen molar-refractivity contribution in [2.75, 3.05) is 25.5 Å². The van der Waals surface area contributed by atoms with E-state index in [9.17, 15) is 14.4 Å². The predicted octanol–water partition coefficient (Wildman–Crippen LogP) is -1.17. The van der Waals surface area contributed by atoms with Gasteiger partial charge in [-0.25, -0.2) is 14.2 Å². The molecule has 0 aliphatic carbocycles. The zero-order valence-corrected chi connectivity index (χ0v) is 16.1. The lowest BCUT2D eigenvalue weighted by Gasteiger charge is -2.33. The van der Waals surface area contributed by atoms with E-state index in [0.29, 0.717) is 13.0 Å². The Morgan fingerprint density at radius 3 is 2.78 bits per heavy atom. The second-order valence-corrected chi connectivity index (χ2v) is 7.03. The standard InChI is InChI=1S/C18H26N6O3/c1-10(19-3)15(25)22-14-11(2)23-7-5-6-12-8-13(9-21-18(27)20-4)24(16(12)23)17(14)26/h5-7,10-11,13-14,19H,8-9H2,1-4H3,(H2-,20,21,22,25,27)/p+1. The van der Waals surface area contributed by atoms with Gasteiger partial charge in [-0.05, 0) is 33.0 Å². The van der Waals surface area contributed by atoms with Crippen molar-refractivity contribution in [2.45, 2.75) is 44.4 Å². The van der Waals surface area contributed by atoms with Gasteiger partial charge in [0.05, 0.1) is 18.8 Å². The Balaban J connectivity index is 1.90. The van der Waals surface area contributed by atoms with Gasteiger partial charge in [0.15, 0.2) is 6.04 Å². The van der Waals surface area contributed by atoms with Gasteiger partial charge in [0.2, 0.25) is 5.91 Å². The summed E-state index contributed by atoms with van der Waals surface area (Å²) in [6.07, 6.45) is 2.59. The summed E-state index contributed by atoms with van der Waals surface area (Å²) in [5, 5.41) is 11.1. The Hall–Kier alpha value is -2.68. The number of nitrogens with one attached hydrogen (secondary N) is 4. The number of carbonyl (C=O) groups is 3. The first-order chi connectivity index (χ1) is 12.9. The highest BCUT2D eigenvalue weighted by atomic mass is 16.2. The molecule has 0 radical (unpaired) electrons. The minimum atomic E-state index is -0.665. The van der Waals surface area contributed by atoms with E-state index in [2.05, 4.69) is 21.3 Å². The van der Waals surface area contributed by atoms with Crippen LogP contribution in [0, 0.1) is 0 Å². The second-order valence-electron chi connectivity index (χ2n) is 7.03. The van der Waals surface area contributed by atoms with Crippen LogP contribution in [0.25, 0.3) is 0 Å². The zero-order valence-electron chi connectivity index (χ0n) is 16.1. The van der Waals surface area contributed by atoms with Crippen LogP contribution in [0.1, 0.15) is 25.5 Å². The van der Waals surface area contributed by atoms with Gasteiger partial charge < -0.3 is 21.3 Å². The van der Waals surface area contributed by atoms with Crippen LogP contribution in [0.3, 0.4) is 0 Å². The zero-order chi connectivity index (χ0) is 19.7. The van der Waals surface area contributed by atoms with Crippen molar-refractivity contribution >= 4 is 23.7 Å². The maximum Gasteiger partial charge on any atom is 0.336 e. The highest BCUT2D eigenvalue weighted by Crippen LogP contribution is 2.34. The second kappa shape index (κ2) is 7.51. The van der Waals surface area contributed by atoms with Crippen LogP contribution in [-0.2, 0) is 16.0 Å². The van der Waals surface area contributed by atoms with E-state index >= 15 is 0 Å². The van der Waals surface area contributed by atoms with Crippen LogP contribution in [0.15, 0.2) is 18.3 Å². The van der Waals surface area contributed by atoms with Gasteiger partial charge in [-0.15, -0.1) is 0 Å². The number of likely N-dealkylation sites (N-methyl/N-ethyl adjacent to an activating group) is 1. The molecule has 9 heteroatoms. The van der Waals surface area contributed by atoms with Crippen molar-refractivity contribution in [1.82, 2.24) is 21.3 Å². The van der Waals surface area contributed by atoms with Crippen LogP contribution in [0.2, 0.25) is 0 Å². The van der Waals surface area contributed by atoms with Gasteiger partial charge in [0, 0.05) is 19.0 Å². The van der Waals surface area contributed by atoms with E-state index in [1.165, 1.54) is 0 Å². The first-order valence-electron chi connectivity index (χ1n) is 9.18. The van der Waals surface area contributed by atoms with Gasteiger partial charge in [-0.2, -0.15) is 4.90 Å². The number of rotatable bonds is 5. The largest absolute Gasteiger partial charge is 0.341 e. The SMILES string of the molecule is CNC(=O)NCC1Cc2ccc[n+]3c2N1C(=O)C(NC(=O)C(C)NC)C3C. The summed E-state index contributed by atoms with van der Waals surface area (Å²) in [5.41, 5.74) is 1.06. The molecule has 2 aliphatic rings. The average Bonchev–Trinajstić information content (AvgIpc) is 3.05. The number of aromatic nitrogens is 1. The molecule has 1 aromatic rings. The number of carbonyl (C=O) groups excluding carboxylic acids is 3. The molecule has 0 spiro atoms. The Bertz CT molecular complexity index is 767. The summed E-state index contributed by atoms with van der Waals surface area (Å²) in [4.78, 5) is 38.9. The number of urea groups is 1. The van der Waals surface area contributed by atoms with Gasteiger partial charge in [-0.1, -0.05) is 0 Å². The third-order valence-corrected chi connectivity index (χ3v) is 5.40. The highest BCUT2D eigenvalue weighted by Gasteiger charge is 2.53. The molecule has 2 aliphatic heterocycles. The first-order valence-corrected chi connectivity index (χ1v) is 9.18. The minimum absolute atomic E-state index is 0.146. The molecular weight excluding hydrogens is 348 g/mol. The molecule has 27 heavy (non-hydrogen) atoms. The Kier molecular flexibility index (Phi) is 5.31. The molecule has 0 aromatic carbocycles. The van der Waals surface area contributed by atoms with Gasteiger partial charge in [0.1, 0.15) is 12.1 Å². The molecule has 146 valence electrons.